The third kappa shape index (κ3) is 6.75. The molecule has 43 heavy (non-hydrogen) atoms. The van der Waals surface area contributed by atoms with Gasteiger partial charge in [-0.15, -0.1) is 0 Å². The molecule has 8 nitrogen and oxygen atoms in total. The summed E-state index contributed by atoms with van der Waals surface area (Å²) in [6.07, 6.45) is 2.79. The molecular formula is C35H38N4O4. The van der Waals surface area contributed by atoms with Crippen LogP contribution in [-0.4, -0.2) is 46.0 Å². The number of nitrogens with one attached hydrogen (secondary N) is 1. The zero-order valence-corrected chi connectivity index (χ0v) is 25.4. The second-order valence-corrected chi connectivity index (χ2v) is 12.1. The van der Waals surface area contributed by atoms with E-state index in [9.17, 15) is 14.4 Å². The summed E-state index contributed by atoms with van der Waals surface area (Å²) in [6.45, 7) is 10.1. The van der Waals surface area contributed by atoms with Crippen LogP contribution in [0.15, 0.2) is 77.7 Å². The highest BCUT2D eigenvalue weighted by Gasteiger charge is 2.19. The van der Waals surface area contributed by atoms with Gasteiger partial charge in [0.05, 0.1) is 12.3 Å². The van der Waals surface area contributed by atoms with Gasteiger partial charge >= 0.3 is 0 Å². The Kier molecular flexibility index (Phi) is 8.59. The van der Waals surface area contributed by atoms with Crippen LogP contribution in [0.4, 0.5) is 11.5 Å². The van der Waals surface area contributed by atoms with Gasteiger partial charge in [0.15, 0.2) is 11.6 Å². The number of hydrogen-bond donors (Lipinski definition) is 1. The van der Waals surface area contributed by atoms with Crippen molar-refractivity contribution in [2.75, 3.05) is 25.2 Å². The summed E-state index contributed by atoms with van der Waals surface area (Å²) in [5, 5.41) is 3.12. The van der Waals surface area contributed by atoms with Gasteiger partial charge < -0.3 is 19.5 Å². The summed E-state index contributed by atoms with van der Waals surface area (Å²) in [7, 11) is 1.69. The van der Waals surface area contributed by atoms with Crippen molar-refractivity contribution in [3.63, 3.8) is 0 Å². The van der Waals surface area contributed by atoms with E-state index in [1.807, 2.05) is 49.4 Å². The summed E-state index contributed by atoms with van der Waals surface area (Å²) < 4.78 is 6.89. The minimum atomic E-state index is -0.281. The maximum atomic E-state index is 13.2. The fourth-order valence-corrected chi connectivity index (χ4v) is 5.17. The number of carbonyl (C=O) groups excluding carboxylic acids is 2. The molecule has 0 aliphatic carbocycles. The molecule has 8 heteroatoms. The summed E-state index contributed by atoms with van der Waals surface area (Å²) >= 11 is 0. The minimum absolute atomic E-state index is 0.0220. The molecule has 0 atom stereocenters. The van der Waals surface area contributed by atoms with Crippen LogP contribution in [0.25, 0.3) is 11.3 Å². The first-order valence-corrected chi connectivity index (χ1v) is 14.6. The maximum Gasteiger partial charge on any atom is 0.293 e. The molecule has 3 aromatic carbocycles. The smallest absolute Gasteiger partial charge is 0.293 e. The Morgan fingerprint density at radius 3 is 2.33 bits per heavy atom. The molecule has 1 fully saturated rings. The van der Waals surface area contributed by atoms with E-state index in [0.717, 1.165) is 23.1 Å². The molecule has 1 aromatic heterocycles. The number of aryl methyl sites for hydroxylation is 1. The molecule has 5 rings (SSSR count). The van der Waals surface area contributed by atoms with Crippen LogP contribution in [0, 0.1) is 6.92 Å². The Morgan fingerprint density at radius 2 is 1.67 bits per heavy atom. The quantitative estimate of drug-likeness (QED) is 0.269. The van der Waals surface area contributed by atoms with Crippen molar-refractivity contribution >= 4 is 23.2 Å². The number of ether oxygens (including phenoxy) is 1. The number of anilines is 2. The molecule has 1 aliphatic heterocycles. The Labute approximate surface area is 252 Å². The van der Waals surface area contributed by atoms with Crippen LogP contribution in [0.5, 0.6) is 0 Å². The summed E-state index contributed by atoms with van der Waals surface area (Å²) in [4.78, 5) is 45.3. The molecule has 1 saturated heterocycles. The lowest BCUT2D eigenvalue weighted by atomic mass is 9.86. The van der Waals surface area contributed by atoms with Gasteiger partial charge in [0.1, 0.15) is 6.73 Å². The Hall–Kier alpha value is -4.56. The highest BCUT2D eigenvalue weighted by Crippen LogP contribution is 2.27. The largest absolute Gasteiger partial charge is 0.361 e. The normalized spacial score (nSPS) is 13.6. The third-order valence-corrected chi connectivity index (χ3v) is 7.86. The van der Waals surface area contributed by atoms with E-state index < -0.39 is 0 Å². The van der Waals surface area contributed by atoms with Gasteiger partial charge in [-0.1, -0.05) is 63.2 Å². The predicted molar refractivity (Wildman–Crippen MR) is 169 cm³/mol. The van der Waals surface area contributed by atoms with E-state index in [1.54, 1.807) is 42.4 Å². The average Bonchev–Trinajstić information content (AvgIpc) is 3.00. The van der Waals surface area contributed by atoms with E-state index in [-0.39, 0.29) is 34.9 Å². The van der Waals surface area contributed by atoms with E-state index in [4.69, 9.17) is 4.74 Å². The van der Waals surface area contributed by atoms with Crippen molar-refractivity contribution in [1.29, 1.82) is 0 Å². The SMILES string of the molecule is Cc1c(CC(=O)c2ccc(C(C)(C)C)cc2)cccc1-c1cn(C)c(=O)c(Nc2ccc(C(=O)N3CCCOC3)cc2)n1. The van der Waals surface area contributed by atoms with Crippen LogP contribution >= 0.6 is 0 Å². The van der Waals surface area contributed by atoms with Gasteiger partial charge in [-0.3, -0.25) is 14.4 Å². The third-order valence-electron chi connectivity index (χ3n) is 7.86. The highest BCUT2D eigenvalue weighted by molar-refractivity contribution is 5.98. The Morgan fingerprint density at radius 1 is 0.977 bits per heavy atom. The van der Waals surface area contributed by atoms with Crippen molar-refractivity contribution in [3.05, 3.63) is 111 Å². The van der Waals surface area contributed by atoms with Crippen LogP contribution in [0.1, 0.15) is 64.6 Å². The molecule has 222 valence electrons. The molecule has 0 radical (unpaired) electrons. The summed E-state index contributed by atoms with van der Waals surface area (Å²) in [5.41, 5.74) is 6.10. The monoisotopic (exact) mass is 578 g/mol. The number of aromatic nitrogens is 2. The number of carbonyl (C=O) groups is 2. The van der Waals surface area contributed by atoms with Crippen LogP contribution in [0.3, 0.4) is 0 Å². The summed E-state index contributed by atoms with van der Waals surface area (Å²) in [5.74, 6) is 0.132. The summed E-state index contributed by atoms with van der Waals surface area (Å²) in [6, 6.07) is 20.7. The van der Waals surface area contributed by atoms with E-state index >= 15 is 0 Å². The number of nitrogens with zero attached hydrogens (tertiary/aromatic N) is 3. The maximum absolute atomic E-state index is 13.2. The number of Topliss-reactive ketones (excluding diaryl/α,β-unsaturated/α-hetero) is 1. The molecule has 0 unspecified atom stereocenters. The zero-order chi connectivity index (χ0) is 30.7. The lowest BCUT2D eigenvalue weighted by Gasteiger charge is -2.26. The van der Waals surface area contributed by atoms with Crippen molar-refractivity contribution in [2.45, 2.75) is 46.0 Å². The van der Waals surface area contributed by atoms with E-state index in [0.29, 0.717) is 42.4 Å². The average molecular weight is 579 g/mol. The molecule has 0 spiro atoms. The number of hydrogen-bond acceptors (Lipinski definition) is 6. The lowest BCUT2D eigenvalue weighted by molar-refractivity contribution is -0.00571. The first-order valence-electron chi connectivity index (χ1n) is 14.6. The van der Waals surface area contributed by atoms with Crippen molar-refractivity contribution in [2.24, 2.45) is 7.05 Å². The standard InChI is InChI=1S/C35H38N4O4/c1-23-26(20-31(40)24-10-14-27(15-11-24)35(2,3)4)8-6-9-29(23)30-21-38(5)34(42)32(37-30)36-28-16-12-25(13-17-28)33(41)39-18-7-19-43-22-39/h6,8-17,21H,7,18-20,22H2,1-5H3,(H,36,37). The van der Waals surface area contributed by atoms with Gasteiger partial charge in [0, 0.05) is 48.6 Å². The molecule has 0 bridgehead atoms. The van der Waals surface area contributed by atoms with Crippen LogP contribution in [-0.2, 0) is 23.6 Å². The topological polar surface area (TPSA) is 93.5 Å². The Balaban J connectivity index is 1.35. The second kappa shape index (κ2) is 12.4. The predicted octanol–water partition coefficient (Wildman–Crippen LogP) is 6.04. The molecule has 4 aromatic rings. The first kappa shape index (κ1) is 29.9. The number of benzene rings is 3. The zero-order valence-electron chi connectivity index (χ0n) is 25.4. The van der Waals surface area contributed by atoms with Gasteiger partial charge in [0.2, 0.25) is 0 Å². The van der Waals surface area contributed by atoms with Crippen molar-refractivity contribution in [3.8, 4) is 11.3 Å². The van der Waals surface area contributed by atoms with Crippen molar-refractivity contribution < 1.29 is 14.3 Å². The fraction of sp³-hybridized carbons (Fsp3) is 0.314. The molecule has 2 heterocycles. The molecular weight excluding hydrogens is 540 g/mol. The molecule has 1 N–H and O–H groups in total. The molecule has 1 aliphatic rings. The number of rotatable bonds is 7. The van der Waals surface area contributed by atoms with Gasteiger partial charge in [0.25, 0.3) is 11.5 Å². The minimum Gasteiger partial charge on any atom is -0.361 e. The van der Waals surface area contributed by atoms with Gasteiger partial charge in [-0.05, 0) is 59.7 Å². The fourth-order valence-electron chi connectivity index (χ4n) is 5.17. The number of ketones is 1. The van der Waals surface area contributed by atoms with Gasteiger partial charge in [-0.2, -0.15) is 0 Å². The first-order chi connectivity index (χ1) is 20.5. The Bertz CT molecular complexity index is 1690. The second-order valence-electron chi connectivity index (χ2n) is 12.1. The molecule has 0 saturated carbocycles. The molecule has 1 amide bonds. The van der Waals surface area contributed by atoms with E-state index in [2.05, 4.69) is 31.1 Å². The number of amides is 1. The van der Waals surface area contributed by atoms with Crippen molar-refractivity contribution in [1.82, 2.24) is 14.5 Å². The lowest BCUT2D eigenvalue weighted by Crippen LogP contribution is -2.38. The van der Waals surface area contributed by atoms with Crippen LogP contribution < -0.4 is 10.9 Å². The van der Waals surface area contributed by atoms with Gasteiger partial charge in [-0.25, -0.2) is 4.98 Å². The van der Waals surface area contributed by atoms with E-state index in [1.165, 1.54) is 10.1 Å². The highest BCUT2D eigenvalue weighted by atomic mass is 16.5. The van der Waals surface area contributed by atoms with Crippen LogP contribution in [0.2, 0.25) is 0 Å².